The molecular formula is C13H21N3O. The van der Waals surface area contributed by atoms with Crippen LogP contribution in [-0.4, -0.2) is 29.5 Å². The van der Waals surface area contributed by atoms with Gasteiger partial charge in [0.15, 0.2) is 0 Å². The van der Waals surface area contributed by atoms with Crippen molar-refractivity contribution in [1.82, 2.24) is 15.2 Å². The van der Waals surface area contributed by atoms with Crippen molar-refractivity contribution < 1.29 is 0 Å². The van der Waals surface area contributed by atoms with Gasteiger partial charge in [0.1, 0.15) is 0 Å². The molecule has 1 aliphatic rings. The van der Waals surface area contributed by atoms with Gasteiger partial charge in [-0.2, -0.15) is 0 Å². The molecule has 0 atom stereocenters. The van der Waals surface area contributed by atoms with Crippen LogP contribution in [0.15, 0.2) is 10.9 Å². The van der Waals surface area contributed by atoms with E-state index < -0.39 is 0 Å². The average molecular weight is 235 g/mol. The molecule has 0 saturated carbocycles. The maximum absolute atomic E-state index is 11.9. The van der Waals surface area contributed by atoms with Gasteiger partial charge in [0, 0.05) is 43.4 Å². The van der Waals surface area contributed by atoms with Crippen LogP contribution in [-0.2, 0) is 19.5 Å². The summed E-state index contributed by atoms with van der Waals surface area (Å²) in [5, 5.41) is 3.29. The first-order valence-corrected chi connectivity index (χ1v) is 6.22. The lowest BCUT2D eigenvalue weighted by molar-refractivity contribution is 0.309. The quantitative estimate of drug-likeness (QED) is 0.817. The Kier molecular flexibility index (Phi) is 3.64. The number of fused-ring (bicyclic) bond motifs is 1. The molecule has 4 nitrogen and oxygen atoms in total. The van der Waals surface area contributed by atoms with Crippen LogP contribution in [0.1, 0.15) is 30.7 Å². The molecule has 94 valence electrons. The highest BCUT2D eigenvalue weighted by Crippen LogP contribution is 2.15. The van der Waals surface area contributed by atoms with E-state index in [2.05, 4.69) is 42.2 Å². The van der Waals surface area contributed by atoms with Crippen LogP contribution in [0, 0.1) is 0 Å². The second-order valence-corrected chi connectivity index (χ2v) is 5.15. The van der Waals surface area contributed by atoms with Gasteiger partial charge in [0.2, 0.25) is 0 Å². The maximum Gasteiger partial charge on any atom is 0.252 e. The molecule has 0 unspecified atom stereocenters. The Morgan fingerprint density at radius 1 is 1.53 bits per heavy atom. The monoisotopic (exact) mass is 235 g/mol. The number of H-pyrrole nitrogens is 1. The molecule has 0 aliphatic carbocycles. The van der Waals surface area contributed by atoms with Gasteiger partial charge >= 0.3 is 0 Å². The van der Waals surface area contributed by atoms with E-state index in [4.69, 9.17) is 0 Å². The van der Waals surface area contributed by atoms with Crippen molar-refractivity contribution in [2.24, 2.45) is 0 Å². The highest BCUT2D eigenvalue weighted by molar-refractivity contribution is 5.27. The summed E-state index contributed by atoms with van der Waals surface area (Å²) in [6.45, 7) is 6.76. The minimum atomic E-state index is 0.0569. The van der Waals surface area contributed by atoms with Crippen molar-refractivity contribution in [1.29, 1.82) is 0 Å². The number of nitrogens with zero attached hydrogens (tertiary/aromatic N) is 1. The van der Waals surface area contributed by atoms with Crippen molar-refractivity contribution in [3.05, 3.63) is 33.2 Å². The van der Waals surface area contributed by atoms with Crippen LogP contribution < -0.4 is 10.9 Å². The molecule has 2 N–H and O–H groups in total. The maximum atomic E-state index is 11.9. The second kappa shape index (κ2) is 5.02. The summed E-state index contributed by atoms with van der Waals surface area (Å²) in [7, 11) is 2.11. The van der Waals surface area contributed by atoms with Gasteiger partial charge in [-0.15, -0.1) is 0 Å². The molecule has 4 heteroatoms. The van der Waals surface area contributed by atoms with E-state index in [-0.39, 0.29) is 5.56 Å². The Labute approximate surface area is 102 Å². The zero-order valence-electron chi connectivity index (χ0n) is 10.8. The van der Waals surface area contributed by atoms with Crippen molar-refractivity contribution in [2.45, 2.75) is 39.4 Å². The lowest BCUT2D eigenvalue weighted by Gasteiger charge is -2.25. The topological polar surface area (TPSA) is 48.1 Å². The van der Waals surface area contributed by atoms with Crippen LogP contribution in [0.5, 0.6) is 0 Å². The summed E-state index contributed by atoms with van der Waals surface area (Å²) in [6.07, 6.45) is 0.943. The van der Waals surface area contributed by atoms with Crippen LogP contribution in [0.3, 0.4) is 0 Å². The summed E-state index contributed by atoms with van der Waals surface area (Å²) in [4.78, 5) is 17.2. The second-order valence-electron chi connectivity index (χ2n) is 5.15. The molecule has 0 radical (unpaired) electrons. The molecule has 1 aromatic rings. The van der Waals surface area contributed by atoms with Gasteiger partial charge in [0.25, 0.3) is 5.56 Å². The summed E-state index contributed by atoms with van der Waals surface area (Å²) in [5.41, 5.74) is 3.27. The first-order chi connectivity index (χ1) is 8.06. The van der Waals surface area contributed by atoms with Gasteiger partial charge < -0.3 is 15.2 Å². The van der Waals surface area contributed by atoms with Gasteiger partial charge in [-0.25, -0.2) is 0 Å². The molecule has 0 spiro atoms. The number of rotatable bonds is 3. The van der Waals surface area contributed by atoms with Crippen LogP contribution in [0.2, 0.25) is 0 Å². The van der Waals surface area contributed by atoms with E-state index in [1.54, 1.807) is 0 Å². The molecule has 0 saturated heterocycles. The number of hydrogen-bond donors (Lipinski definition) is 2. The van der Waals surface area contributed by atoms with Crippen molar-refractivity contribution >= 4 is 0 Å². The minimum absolute atomic E-state index is 0.0569. The fourth-order valence-electron chi connectivity index (χ4n) is 2.14. The molecule has 17 heavy (non-hydrogen) atoms. The van der Waals surface area contributed by atoms with Gasteiger partial charge in [-0.1, -0.05) is 13.8 Å². The molecule has 2 heterocycles. The molecular weight excluding hydrogens is 214 g/mol. The van der Waals surface area contributed by atoms with Crippen molar-refractivity contribution in [2.75, 3.05) is 13.6 Å². The van der Waals surface area contributed by atoms with Gasteiger partial charge in [0.05, 0.1) is 0 Å². The fraction of sp³-hybridized carbons (Fsp3) is 0.615. The third kappa shape index (κ3) is 2.96. The summed E-state index contributed by atoms with van der Waals surface area (Å²) in [6, 6.07) is 2.45. The Morgan fingerprint density at radius 3 is 3.00 bits per heavy atom. The normalized spacial score (nSPS) is 16.2. The molecule has 1 aliphatic heterocycles. The fourth-order valence-corrected chi connectivity index (χ4v) is 2.14. The lowest BCUT2D eigenvalue weighted by Crippen LogP contribution is -2.32. The number of hydrogen-bond acceptors (Lipinski definition) is 3. The van der Waals surface area contributed by atoms with Crippen LogP contribution >= 0.6 is 0 Å². The van der Waals surface area contributed by atoms with E-state index in [1.165, 1.54) is 5.56 Å². The first kappa shape index (κ1) is 12.3. The third-order valence-corrected chi connectivity index (χ3v) is 3.18. The van der Waals surface area contributed by atoms with Crippen molar-refractivity contribution in [3.63, 3.8) is 0 Å². The van der Waals surface area contributed by atoms with Crippen LogP contribution in [0.4, 0.5) is 0 Å². The Hall–Kier alpha value is -1.13. The number of aromatic nitrogens is 1. The summed E-state index contributed by atoms with van der Waals surface area (Å²) in [5.74, 6) is 0. The zero-order chi connectivity index (χ0) is 12.4. The predicted molar refractivity (Wildman–Crippen MR) is 69.1 cm³/mol. The number of likely N-dealkylation sites (N-methyl/N-ethyl adjacent to an activating group) is 1. The number of pyridine rings is 1. The first-order valence-electron chi connectivity index (χ1n) is 6.22. The van der Waals surface area contributed by atoms with Crippen LogP contribution in [0.25, 0.3) is 0 Å². The minimum Gasteiger partial charge on any atom is -0.326 e. The average Bonchev–Trinajstić information content (AvgIpc) is 2.26. The molecule has 0 aromatic carbocycles. The SMILES string of the molecule is CC(C)NCc1cc2c([nH]c1=O)CCN(C)C2. The highest BCUT2D eigenvalue weighted by Gasteiger charge is 2.15. The smallest absolute Gasteiger partial charge is 0.252 e. The van der Waals surface area contributed by atoms with E-state index in [9.17, 15) is 4.79 Å². The van der Waals surface area contributed by atoms with E-state index in [0.29, 0.717) is 12.6 Å². The summed E-state index contributed by atoms with van der Waals surface area (Å²) < 4.78 is 0. The van der Waals surface area contributed by atoms with E-state index in [1.807, 2.05) is 0 Å². The Bertz CT molecular complexity index is 450. The number of aromatic amines is 1. The molecule has 2 rings (SSSR count). The summed E-state index contributed by atoms with van der Waals surface area (Å²) >= 11 is 0. The van der Waals surface area contributed by atoms with E-state index >= 15 is 0 Å². The van der Waals surface area contributed by atoms with Crippen molar-refractivity contribution in [3.8, 4) is 0 Å². The lowest BCUT2D eigenvalue weighted by atomic mass is 10.0. The number of nitrogens with one attached hydrogen (secondary N) is 2. The molecule has 1 aromatic heterocycles. The molecule has 0 amide bonds. The van der Waals surface area contributed by atoms with E-state index in [0.717, 1.165) is 30.8 Å². The molecule has 0 fully saturated rings. The molecule has 0 bridgehead atoms. The zero-order valence-corrected chi connectivity index (χ0v) is 10.8. The predicted octanol–water partition coefficient (Wildman–Crippen LogP) is 0.861. The van der Waals surface area contributed by atoms with Gasteiger partial charge in [-0.05, 0) is 18.7 Å². The highest BCUT2D eigenvalue weighted by atomic mass is 16.1. The standard InChI is InChI=1S/C13H21N3O/c1-9(2)14-7-10-6-11-8-16(3)5-4-12(11)15-13(10)17/h6,9,14H,4-5,7-8H2,1-3H3,(H,15,17). The van der Waals surface area contributed by atoms with Gasteiger partial charge in [-0.3, -0.25) is 4.79 Å². The largest absolute Gasteiger partial charge is 0.326 e. The Balaban J connectivity index is 2.23. The Morgan fingerprint density at radius 2 is 2.29 bits per heavy atom. The third-order valence-electron chi connectivity index (χ3n) is 3.18.